The number of anilines is 2. The average molecular weight is 367 g/mol. The molecule has 2 aromatic heterocycles. The van der Waals surface area contributed by atoms with Crippen LogP contribution >= 0.6 is 27.3 Å². The molecule has 0 radical (unpaired) electrons. The van der Waals surface area contributed by atoms with Crippen molar-refractivity contribution < 1.29 is 13.2 Å². The lowest BCUT2D eigenvalue weighted by Gasteiger charge is -2.11. The standard InChI is InChI=1S/C11H10BrF3N4S/c1-16-10-18-8(11(13,14)15)3-9(19-10)17-4-7-2-6(12)5-20-7/h2-3,5H,4H2,1H3,(H2,16,17,18,19). The predicted octanol–water partition coefficient (Wildman–Crippen LogP) is 3.97. The molecule has 0 atom stereocenters. The Kier molecular flexibility index (Phi) is 4.48. The number of thiophene rings is 1. The molecule has 0 bridgehead atoms. The molecular weight excluding hydrogens is 357 g/mol. The Balaban J connectivity index is 2.18. The molecule has 2 rings (SSSR count). The van der Waals surface area contributed by atoms with Crippen molar-refractivity contribution in [3.63, 3.8) is 0 Å². The first kappa shape index (κ1) is 15.0. The molecule has 2 N–H and O–H groups in total. The second-order valence-corrected chi connectivity index (χ2v) is 5.71. The molecule has 0 aliphatic heterocycles. The Hall–Kier alpha value is -1.35. The van der Waals surface area contributed by atoms with E-state index in [0.717, 1.165) is 15.4 Å². The Morgan fingerprint density at radius 3 is 2.60 bits per heavy atom. The van der Waals surface area contributed by atoms with E-state index < -0.39 is 11.9 Å². The van der Waals surface area contributed by atoms with E-state index in [0.29, 0.717) is 6.54 Å². The highest BCUT2D eigenvalue weighted by Gasteiger charge is 2.33. The van der Waals surface area contributed by atoms with Crippen molar-refractivity contribution >= 4 is 39.0 Å². The van der Waals surface area contributed by atoms with E-state index in [9.17, 15) is 13.2 Å². The number of nitrogens with one attached hydrogen (secondary N) is 2. The van der Waals surface area contributed by atoms with Gasteiger partial charge in [0.25, 0.3) is 0 Å². The van der Waals surface area contributed by atoms with E-state index in [1.165, 1.54) is 18.4 Å². The lowest BCUT2D eigenvalue weighted by atomic mass is 10.3. The topological polar surface area (TPSA) is 49.8 Å². The monoisotopic (exact) mass is 366 g/mol. The van der Waals surface area contributed by atoms with Gasteiger partial charge >= 0.3 is 6.18 Å². The molecule has 0 saturated heterocycles. The predicted molar refractivity (Wildman–Crippen MR) is 75.9 cm³/mol. The summed E-state index contributed by atoms with van der Waals surface area (Å²) in [5.74, 6) is 0.0517. The van der Waals surface area contributed by atoms with Crippen LogP contribution < -0.4 is 10.6 Å². The Morgan fingerprint density at radius 1 is 1.30 bits per heavy atom. The largest absolute Gasteiger partial charge is 0.433 e. The number of hydrogen-bond donors (Lipinski definition) is 2. The third-order valence-electron chi connectivity index (χ3n) is 2.31. The normalized spacial score (nSPS) is 11.4. The van der Waals surface area contributed by atoms with Gasteiger partial charge in [-0.3, -0.25) is 0 Å². The molecule has 0 aromatic carbocycles. The van der Waals surface area contributed by atoms with Gasteiger partial charge in [-0.2, -0.15) is 18.2 Å². The van der Waals surface area contributed by atoms with Crippen LogP contribution in [0.15, 0.2) is 22.0 Å². The minimum atomic E-state index is -4.50. The molecule has 0 unspecified atom stereocenters. The van der Waals surface area contributed by atoms with Gasteiger partial charge in [0.15, 0.2) is 5.69 Å². The maximum Gasteiger partial charge on any atom is 0.433 e. The van der Waals surface area contributed by atoms with Gasteiger partial charge < -0.3 is 10.6 Å². The first-order valence-electron chi connectivity index (χ1n) is 5.49. The van der Waals surface area contributed by atoms with Crippen molar-refractivity contribution in [2.24, 2.45) is 0 Å². The summed E-state index contributed by atoms with van der Waals surface area (Å²) in [6.07, 6.45) is -4.50. The second kappa shape index (κ2) is 5.96. The van der Waals surface area contributed by atoms with Crippen LogP contribution in [0.2, 0.25) is 0 Å². The molecule has 20 heavy (non-hydrogen) atoms. The molecule has 2 aromatic rings. The van der Waals surface area contributed by atoms with E-state index in [4.69, 9.17) is 0 Å². The zero-order chi connectivity index (χ0) is 14.8. The van der Waals surface area contributed by atoms with Crippen molar-refractivity contribution in [3.8, 4) is 0 Å². The number of aromatic nitrogens is 2. The van der Waals surface area contributed by atoms with Crippen LogP contribution in [0.25, 0.3) is 0 Å². The van der Waals surface area contributed by atoms with E-state index in [1.807, 2.05) is 11.4 Å². The zero-order valence-electron chi connectivity index (χ0n) is 10.3. The molecule has 0 spiro atoms. The van der Waals surface area contributed by atoms with Gasteiger partial charge in [0.05, 0.1) is 6.54 Å². The minimum absolute atomic E-state index is 0.0744. The highest BCUT2D eigenvalue weighted by atomic mass is 79.9. The maximum atomic E-state index is 12.7. The summed E-state index contributed by atoms with van der Waals surface area (Å²) in [4.78, 5) is 8.32. The van der Waals surface area contributed by atoms with Crippen LogP contribution in [0.4, 0.5) is 24.9 Å². The molecular formula is C11H10BrF3N4S. The molecule has 0 saturated carbocycles. The number of alkyl halides is 3. The summed E-state index contributed by atoms with van der Waals surface area (Å²) in [5.41, 5.74) is -0.980. The second-order valence-electron chi connectivity index (χ2n) is 3.79. The van der Waals surface area contributed by atoms with E-state index in [2.05, 4.69) is 36.5 Å². The Labute approximate surface area is 125 Å². The minimum Gasteiger partial charge on any atom is -0.365 e. The van der Waals surface area contributed by atoms with Gasteiger partial charge in [-0.15, -0.1) is 11.3 Å². The van der Waals surface area contributed by atoms with E-state index >= 15 is 0 Å². The van der Waals surface area contributed by atoms with Crippen molar-refractivity contribution in [2.45, 2.75) is 12.7 Å². The molecule has 0 amide bonds. The molecule has 0 fully saturated rings. The summed E-state index contributed by atoms with van der Waals surface area (Å²) in [6.45, 7) is 0.397. The van der Waals surface area contributed by atoms with Crippen molar-refractivity contribution in [1.29, 1.82) is 0 Å². The first-order chi connectivity index (χ1) is 9.38. The SMILES string of the molecule is CNc1nc(NCc2cc(Br)cs2)cc(C(F)(F)F)n1. The smallest absolute Gasteiger partial charge is 0.365 e. The van der Waals surface area contributed by atoms with Gasteiger partial charge in [-0.05, 0) is 22.0 Å². The molecule has 0 aliphatic rings. The molecule has 9 heteroatoms. The number of hydrogen-bond acceptors (Lipinski definition) is 5. The van der Waals surface area contributed by atoms with Crippen LogP contribution in [0.3, 0.4) is 0 Å². The van der Waals surface area contributed by atoms with Gasteiger partial charge in [-0.1, -0.05) is 0 Å². The third-order valence-corrected chi connectivity index (χ3v) is 4.00. The summed E-state index contributed by atoms with van der Waals surface area (Å²) < 4.78 is 39.0. The summed E-state index contributed by atoms with van der Waals surface area (Å²) in [6, 6.07) is 2.78. The zero-order valence-corrected chi connectivity index (χ0v) is 12.7. The van der Waals surface area contributed by atoms with Gasteiger partial charge in [0.1, 0.15) is 5.82 Å². The van der Waals surface area contributed by atoms with E-state index in [1.54, 1.807) is 0 Å². The first-order valence-corrected chi connectivity index (χ1v) is 7.16. The van der Waals surface area contributed by atoms with Crippen molar-refractivity contribution in [3.05, 3.63) is 32.6 Å². The van der Waals surface area contributed by atoms with Crippen molar-refractivity contribution in [2.75, 3.05) is 17.7 Å². The van der Waals surface area contributed by atoms with Crippen LogP contribution in [-0.2, 0) is 12.7 Å². The summed E-state index contributed by atoms with van der Waals surface area (Å²) >= 11 is 4.82. The fraction of sp³-hybridized carbons (Fsp3) is 0.273. The number of nitrogens with zero attached hydrogens (tertiary/aromatic N) is 2. The molecule has 108 valence electrons. The van der Waals surface area contributed by atoms with Crippen LogP contribution in [0, 0.1) is 0 Å². The molecule has 4 nitrogen and oxygen atoms in total. The number of halogens is 4. The van der Waals surface area contributed by atoms with Crippen LogP contribution in [0.5, 0.6) is 0 Å². The highest BCUT2D eigenvalue weighted by Crippen LogP contribution is 2.30. The van der Waals surface area contributed by atoms with Gasteiger partial charge in [0.2, 0.25) is 5.95 Å². The van der Waals surface area contributed by atoms with Gasteiger partial charge in [-0.25, -0.2) is 4.98 Å². The lowest BCUT2D eigenvalue weighted by molar-refractivity contribution is -0.141. The quantitative estimate of drug-likeness (QED) is 0.859. The Bertz CT molecular complexity index is 600. The maximum absolute atomic E-state index is 12.7. The fourth-order valence-corrected chi connectivity index (χ4v) is 2.81. The van der Waals surface area contributed by atoms with Crippen LogP contribution in [0.1, 0.15) is 10.6 Å². The highest BCUT2D eigenvalue weighted by molar-refractivity contribution is 9.10. The third kappa shape index (κ3) is 3.83. The van der Waals surface area contributed by atoms with Gasteiger partial charge in [0, 0.05) is 27.8 Å². The molecule has 0 aliphatic carbocycles. The molecule has 2 heterocycles. The Morgan fingerprint density at radius 2 is 2.05 bits per heavy atom. The summed E-state index contributed by atoms with van der Waals surface area (Å²) in [5, 5.41) is 7.27. The van der Waals surface area contributed by atoms with Crippen LogP contribution in [-0.4, -0.2) is 17.0 Å². The summed E-state index contributed by atoms with van der Waals surface area (Å²) in [7, 11) is 1.47. The fourth-order valence-electron chi connectivity index (χ4n) is 1.42. The number of rotatable bonds is 4. The van der Waals surface area contributed by atoms with E-state index in [-0.39, 0.29) is 11.8 Å². The lowest BCUT2D eigenvalue weighted by Crippen LogP contribution is -2.12. The van der Waals surface area contributed by atoms with Crippen molar-refractivity contribution in [1.82, 2.24) is 9.97 Å². The average Bonchev–Trinajstić information content (AvgIpc) is 2.81.